The topological polar surface area (TPSA) is 66.5 Å². The van der Waals surface area contributed by atoms with E-state index in [0.29, 0.717) is 6.54 Å². The van der Waals surface area contributed by atoms with Crippen LogP contribution in [0.2, 0.25) is 0 Å². The van der Waals surface area contributed by atoms with E-state index < -0.39 is 15.9 Å². The molecule has 0 saturated heterocycles. The average Bonchev–Trinajstić information content (AvgIpc) is 2.80. The van der Waals surface area contributed by atoms with Crippen molar-refractivity contribution in [3.63, 3.8) is 0 Å². The third kappa shape index (κ3) is 7.08. The molecule has 0 atom stereocenters. The Morgan fingerprint density at radius 2 is 1.38 bits per heavy atom. The third-order valence-corrected chi connectivity index (χ3v) is 8.11. The van der Waals surface area contributed by atoms with E-state index in [1.807, 2.05) is 19.0 Å². The second-order valence-corrected chi connectivity index (χ2v) is 12.5. The lowest BCUT2D eigenvalue weighted by atomic mass is 9.83. The number of benzene rings is 3. The number of amides is 1. The van der Waals surface area contributed by atoms with Gasteiger partial charge in [-0.2, -0.15) is 0 Å². The molecular formula is C31H40N2O3S. The van der Waals surface area contributed by atoms with Crippen LogP contribution in [-0.4, -0.2) is 33.3 Å². The molecule has 5 nitrogen and oxygen atoms in total. The van der Waals surface area contributed by atoms with Gasteiger partial charge in [-0.3, -0.25) is 4.79 Å². The zero-order valence-corrected chi connectivity index (χ0v) is 24.2. The number of carbonyl (C=O) groups excluding carboxylic acids is 1. The first kappa shape index (κ1) is 28.6. The Balaban J connectivity index is 1.93. The number of rotatable bonds is 9. The van der Waals surface area contributed by atoms with Gasteiger partial charge in [0.25, 0.3) is 10.0 Å². The summed E-state index contributed by atoms with van der Waals surface area (Å²) in [4.78, 5) is 15.2. The highest BCUT2D eigenvalue weighted by Crippen LogP contribution is 2.34. The van der Waals surface area contributed by atoms with E-state index >= 15 is 0 Å². The Labute approximate surface area is 223 Å². The Bertz CT molecular complexity index is 1340. The number of nitrogens with one attached hydrogen (secondary N) is 1. The van der Waals surface area contributed by atoms with Crippen molar-refractivity contribution in [2.24, 2.45) is 0 Å². The molecule has 0 fully saturated rings. The maximum atomic E-state index is 13.1. The smallest absolute Gasteiger partial charge is 0.264 e. The van der Waals surface area contributed by atoms with Gasteiger partial charge in [0.15, 0.2) is 0 Å². The van der Waals surface area contributed by atoms with Crippen LogP contribution in [0.3, 0.4) is 0 Å². The van der Waals surface area contributed by atoms with Crippen LogP contribution in [0.25, 0.3) is 11.1 Å². The van der Waals surface area contributed by atoms with Gasteiger partial charge < -0.3 is 4.90 Å². The van der Waals surface area contributed by atoms with Gasteiger partial charge in [-0.15, -0.1) is 0 Å². The lowest BCUT2D eigenvalue weighted by Gasteiger charge is -2.22. The largest absolute Gasteiger partial charge is 0.305 e. The first-order valence-electron chi connectivity index (χ1n) is 12.8. The van der Waals surface area contributed by atoms with Gasteiger partial charge in [0.2, 0.25) is 5.91 Å². The van der Waals surface area contributed by atoms with Crippen molar-refractivity contribution >= 4 is 15.9 Å². The van der Waals surface area contributed by atoms with Crippen LogP contribution in [0.4, 0.5) is 0 Å². The summed E-state index contributed by atoms with van der Waals surface area (Å²) in [7, 11) is -0.0553. The van der Waals surface area contributed by atoms with Gasteiger partial charge >= 0.3 is 0 Å². The van der Waals surface area contributed by atoms with E-state index in [2.05, 4.69) is 76.6 Å². The van der Waals surface area contributed by atoms with Crippen LogP contribution >= 0.6 is 0 Å². The fourth-order valence-electron chi connectivity index (χ4n) is 4.58. The van der Waals surface area contributed by atoms with Crippen LogP contribution in [-0.2, 0) is 27.8 Å². The molecule has 6 heteroatoms. The van der Waals surface area contributed by atoms with Crippen LogP contribution in [0.15, 0.2) is 59.5 Å². The van der Waals surface area contributed by atoms with Crippen LogP contribution in [0, 0.1) is 13.8 Å². The molecule has 3 aromatic carbocycles. The molecular weight excluding hydrogens is 480 g/mol. The van der Waals surface area contributed by atoms with Crippen molar-refractivity contribution in [2.75, 3.05) is 14.1 Å². The normalized spacial score (nSPS) is 12.0. The quantitative estimate of drug-likeness (QED) is 0.358. The summed E-state index contributed by atoms with van der Waals surface area (Å²) in [5.41, 5.74) is 8.79. The van der Waals surface area contributed by atoms with Crippen molar-refractivity contribution in [3.05, 3.63) is 88.0 Å². The molecule has 0 radical (unpaired) electrons. The number of sulfonamides is 1. The number of nitrogens with zero attached hydrogens (tertiary/aromatic N) is 1. The minimum atomic E-state index is -3.96. The lowest BCUT2D eigenvalue weighted by Crippen LogP contribution is -2.32. The zero-order chi connectivity index (χ0) is 27.5. The summed E-state index contributed by atoms with van der Waals surface area (Å²) >= 11 is 0. The maximum absolute atomic E-state index is 13.1. The Morgan fingerprint density at radius 3 is 1.86 bits per heavy atom. The fourth-order valence-corrected chi connectivity index (χ4v) is 5.57. The monoisotopic (exact) mass is 520 g/mol. The second-order valence-electron chi connectivity index (χ2n) is 10.8. The van der Waals surface area contributed by atoms with Crippen molar-refractivity contribution in [3.8, 4) is 11.1 Å². The molecule has 3 aromatic rings. The SMILES string of the molecule is Cc1ccc(-c2cc(C(C)C)c(CC(=O)NS(=O)(=O)c3ccc(CN(C)C)cc3)c(C(C)C)c2)cc1C. The molecule has 198 valence electrons. The molecule has 0 aliphatic heterocycles. The number of carbonyl (C=O) groups is 1. The van der Waals surface area contributed by atoms with E-state index in [4.69, 9.17) is 0 Å². The zero-order valence-electron chi connectivity index (χ0n) is 23.3. The Hall–Kier alpha value is -2.96. The first-order chi connectivity index (χ1) is 17.3. The molecule has 3 rings (SSSR count). The predicted molar refractivity (Wildman–Crippen MR) is 152 cm³/mol. The molecule has 0 aliphatic rings. The second kappa shape index (κ2) is 11.6. The fraction of sp³-hybridized carbons (Fsp3) is 0.387. The van der Waals surface area contributed by atoms with E-state index in [1.165, 1.54) is 11.1 Å². The van der Waals surface area contributed by atoms with Crippen LogP contribution in [0.5, 0.6) is 0 Å². The van der Waals surface area contributed by atoms with Gasteiger partial charge in [0, 0.05) is 6.54 Å². The molecule has 0 heterocycles. The van der Waals surface area contributed by atoms with E-state index in [9.17, 15) is 13.2 Å². The summed E-state index contributed by atoms with van der Waals surface area (Å²) < 4.78 is 28.2. The van der Waals surface area contributed by atoms with E-state index in [0.717, 1.165) is 33.4 Å². The maximum Gasteiger partial charge on any atom is 0.264 e. The average molecular weight is 521 g/mol. The molecule has 37 heavy (non-hydrogen) atoms. The molecule has 0 aromatic heterocycles. The molecule has 1 amide bonds. The third-order valence-electron chi connectivity index (χ3n) is 6.72. The van der Waals surface area contributed by atoms with Crippen molar-refractivity contribution in [2.45, 2.75) is 71.2 Å². The molecule has 0 unspecified atom stereocenters. The van der Waals surface area contributed by atoms with Gasteiger partial charge in [-0.05, 0) is 96.4 Å². The molecule has 0 spiro atoms. The van der Waals surface area contributed by atoms with Gasteiger partial charge in [0.05, 0.1) is 11.3 Å². The summed E-state index contributed by atoms with van der Waals surface area (Å²) in [5, 5.41) is 0. The minimum Gasteiger partial charge on any atom is -0.305 e. The standard InChI is InChI=1S/C31H40N2O3S/c1-20(2)28-16-26(25-12-9-22(5)23(6)15-25)17-29(21(3)4)30(28)18-31(34)32-37(35,36)27-13-10-24(11-14-27)19-33(7)8/h9-17,20-21H,18-19H2,1-8H3,(H,32,34). The summed E-state index contributed by atoms with van der Waals surface area (Å²) in [6.45, 7) is 13.4. The number of aryl methyl sites for hydroxylation is 2. The number of hydrogen-bond acceptors (Lipinski definition) is 4. The minimum absolute atomic E-state index is 0.00613. The van der Waals surface area contributed by atoms with Crippen molar-refractivity contribution in [1.82, 2.24) is 9.62 Å². The van der Waals surface area contributed by atoms with Crippen LogP contribution < -0.4 is 4.72 Å². The molecule has 0 aliphatic carbocycles. The number of hydrogen-bond donors (Lipinski definition) is 1. The predicted octanol–water partition coefficient (Wildman–Crippen LogP) is 6.33. The first-order valence-corrected chi connectivity index (χ1v) is 14.3. The van der Waals surface area contributed by atoms with Gasteiger partial charge in [-0.1, -0.05) is 70.2 Å². The van der Waals surface area contributed by atoms with E-state index in [-0.39, 0.29) is 23.2 Å². The summed E-state index contributed by atoms with van der Waals surface area (Å²) in [5.74, 6) is -0.180. The molecule has 1 N–H and O–H groups in total. The Morgan fingerprint density at radius 1 is 0.811 bits per heavy atom. The summed E-state index contributed by atoms with van der Waals surface area (Å²) in [6, 6.07) is 17.4. The van der Waals surface area contributed by atoms with Gasteiger partial charge in [-0.25, -0.2) is 13.1 Å². The van der Waals surface area contributed by atoms with Crippen molar-refractivity contribution in [1.29, 1.82) is 0 Å². The highest BCUT2D eigenvalue weighted by molar-refractivity contribution is 7.90. The molecule has 0 saturated carbocycles. The van der Waals surface area contributed by atoms with Gasteiger partial charge in [0.1, 0.15) is 0 Å². The van der Waals surface area contributed by atoms with E-state index in [1.54, 1.807) is 24.3 Å². The summed E-state index contributed by atoms with van der Waals surface area (Å²) in [6.07, 6.45) is 0.00613. The van der Waals surface area contributed by atoms with Crippen LogP contribution in [0.1, 0.15) is 72.9 Å². The highest BCUT2D eigenvalue weighted by atomic mass is 32.2. The Kier molecular flexibility index (Phi) is 8.98. The van der Waals surface area contributed by atoms with Crippen molar-refractivity contribution < 1.29 is 13.2 Å². The molecule has 0 bridgehead atoms. The highest BCUT2D eigenvalue weighted by Gasteiger charge is 2.23. The lowest BCUT2D eigenvalue weighted by molar-refractivity contribution is -0.118.